The normalized spacial score (nSPS) is 11.3. The number of hydrogen-bond donors (Lipinski definition) is 0. The molecule has 4 rings (SSSR count). The molecule has 0 fully saturated rings. The van der Waals surface area contributed by atoms with Crippen LogP contribution >= 0.6 is 11.6 Å². The van der Waals surface area contributed by atoms with Crippen LogP contribution in [0.2, 0.25) is 5.02 Å². The summed E-state index contributed by atoms with van der Waals surface area (Å²) in [5.41, 5.74) is 2.67. The van der Waals surface area contributed by atoms with Gasteiger partial charge in [-0.1, -0.05) is 103 Å². The molecule has 6 nitrogen and oxygen atoms in total. The standard InChI is InChI=1S/C30H29ClN2O4S/c1-37-29-18-17-27(19-28(29)31)38(35,36)33(22-26-15-9-4-10-16-26)23-30(34)32(20-24-11-5-2-6-12-24)21-25-13-7-3-8-14-25/h2-19H,20-23H2,1H3. The Labute approximate surface area is 229 Å². The van der Waals surface area contributed by atoms with Gasteiger partial charge in [0.1, 0.15) is 5.75 Å². The topological polar surface area (TPSA) is 66.9 Å². The van der Waals surface area contributed by atoms with E-state index in [2.05, 4.69) is 0 Å². The molecule has 0 heterocycles. The number of sulfonamides is 1. The van der Waals surface area contributed by atoms with Crippen LogP contribution in [-0.2, 0) is 34.5 Å². The van der Waals surface area contributed by atoms with E-state index in [0.29, 0.717) is 18.8 Å². The average Bonchev–Trinajstić information content (AvgIpc) is 2.94. The van der Waals surface area contributed by atoms with Crippen molar-refractivity contribution in [3.05, 3.63) is 131 Å². The van der Waals surface area contributed by atoms with Crippen molar-refractivity contribution in [2.45, 2.75) is 24.5 Å². The van der Waals surface area contributed by atoms with Crippen molar-refractivity contribution in [3.8, 4) is 5.75 Å². The molecule has 1 amide bonds. The van der Waals surface area contributed by atoms with Crippen LogP contribution in [0, 0.1) is 0 Å². The Morgan fingerprint density at radius 1 is 0.737 bits per heavy atom. The zero-order chi connectivity index (χ0) is 27.0. The van der Waals surface area contributed by atoms with E-state index in [-0.39, 0.29) is 28.9 Å². The predicted octanol–water partition coefficient (Wildman–Crippen LogP) is 5.77. The molecule has 0 N–H and O–H groups in total. The SMILES string of the molecule is COc1ccc(S(=O)(=O)N(CC(=O)N(Cc2ccccc2)Cc2ccccc2)Cc2ccccc2)cc1Cl. The molecule has 8 heteroatoms. The molecule has 196 valence electrons. The van der Waals surface area contributed by atoms with Gasteiger partial charge in [0, 0.05) is 19.6 Å². The van der Waals surface area contributed by atoms with Gasteiger partial charge in [-0.2, -0.15) is 4.31 Å². The summed E-state index contributed by atoms with van der Waals surface area (Å²) < 4.78 is 34.0. The van der Waals surface area contributed by atoms with Crippen LogP contribution < -0.4 is 4.74 Å². The quantitative estimate of drug-likeness (QED) is 0.239. The number of ether oxygens (including phenoxy) is 1. The van der Waals surface area contributed by atoms with Gasteiger partial charge in [-0.15, -0.1) is 0 Å². The molecular weight excluding hydrogens is 520 g/mol. The maximum Gasteiger partial charge on any atom is 0.243 e. The van der Waals surface area contributed by atoms with Crippen molar-refractivity contribution in [2.75, 3.05) is 13.7 Å². The van der Waals surface area contributed by atoms with E-state index < -0.39 is 10.0 Å². The summed E-state index contributed by atoms with van der Waals surface area (Å²) in [5, 5.41) is 0.175. The molecule has 4 aromatic carbocycles. The molecule has 0 saturated carbocycles. The molecule has 0 aliphatic heterocycles. The number of carbonyl (C=O) groups excluding carboxylic acids is 1. The van der Waals surface area contributed by atoms with Crippen LogP contribution in [0.5, 0.6) is 5.75 Å². The third kappa shape index (κ3) is 7.01. The Morgan fingerprint density at radius 2 is 1.21 bits per heavy atom. The van der Waals surface area contributed by atoms with Crippen molar-refractivity contribution in [3.63, 3.8) is 0 Å². The fraction of sp³-hybridized carbons (Fsp3) is 0.167. The van der Waals surface area contributed by atoms with Gasteiger partial charge in [0.15, 0.2) is 0 Å². The van der Waals surface area contributed by atoms with Crippen LogP contribution in [0.1, 0.15) is 16.7 Å². The van der Waals surface area contributed by atoms with Gasteiger partial charge in [-0.05, 0) is 34.9 Å². The number of nitrogens with zero attached hydrogens (tertiary/aromatic N) is 2. The minimum atomic E-state index is -4.08. The monoisotopic (exact) mass is 548 g/mol. The fourth-order valence-corrected chi connectivity index (χ4v) is 5.79. The summed E-state index contributed by atoms with van der Waals surface area (Å²) in [7, 11) is -2.61. The first kappa shape index (κ1) is 27.4. The van der Waals surface area contributed by atoms with E-state index in [1.807, 2.05) is 91.0 Å². The smallest absolute Gasteiger partial charge is 0.243 e. The summed E-state index contributed by atoms with van der Waals surface area (Å²) in [6.45, 7) is 0.397. The average molecular weight is 549 g/mol. The molecule has 0 unspecified atom stereocenters. The Bertz CT molecular complexity index is 1410. The van der Waals surface area contributed by atoms with Crippen LogP contribution in [-0.4, -0.2) is 37.2 Å². The predicted molar refractivity (Wildman–Crippen MR) is 149 cm³/mol. The lowest BCUT2D eigenvalue weighted by Gasteiger charge is -2.28. The third-order valence-corrected chi connectivity index (χ3v) is 8.14. The number of rotatable bonds is 11. The number of methoxy groups -OCH3 is 1. The van der Waals surface area contributed by atoms with Gasteiger partial charge >= 0.3 is 0 Å². The Morgan fingerprint density at radius 3 is 1.66 bits per heavy atom. The molecule has 0 aliphatic carbocycles. The minimum absolute atomic E-state index is 0.00954. The van der Waals surface area contributed by atoms with Crippen molar-refractivity contribution >= 4 is 27.5 Å². The first-order valence-electron chi connectivity index (χ1n) is 12.1. The molecular formula is C30H29ClN2O4S. The molecule has 0 saturated heterocycles. The summed E-state index contributed by atoms with van der Waals surface area (Å²) >= 11 is 6.25. The summed E-state index contributed by atoms with van der Waals surface area (Å²) in [6, 6.07) is 32.8. The number of hydrogen-bond acceptors (Lipinski definition) is 4. The largest absolute Gasteiger partial charge is 0.495 e. The molecule has 0 spiro atoms. The second-order valence-corrected chi connectivity index (χ2v) is 11.1. The highest BCUT2D eigenvalue weighted by atomic mass is 35.5. The van der Waals surface area contributed by atoms with E-state index in [1.165, 1.54) is 29.6 Å². The van der Waals surface area contributed by atoms with Crippen molar-refractivity contribution < 1.29 is 17.9 Å². The number of benzene rings is 4. The maximum atomic E-state index is 13.8. The second-order valence-electron chi connectivity index (χ2n) is 8.78. The first-order chi connectivity index (χ1) is 18.4. The molecule has 0 aliphatic rings. The van der Waals surface area contributed by atoms with Crippen LogP contribution in [0.3, 0.4) is 0 Å². The van der Waals surface area contributed by atoms with Crippen molar-refractivity contribution in [1.82, 2.24) is 9.21 Å². The van der Waals surface area contributed by atoms with E-state index in [1.54, 1.807) is 4.90 Å². The summed E-state index contributed by atoms with van der Waals surface area (Å²) in [4.78, 5) is 15.4. The molecule has 4 aromatic rings. The third-order valence-electron chi connectivity index (χ3n) is 6.06. The van der Waals surface area contributed by atoms with Gasteiger partial charge in [0.2, 0.25) is 15.9 Å². The van der Waals surface area contributed by atoms with Crippen molar-refractivity contribution in [2.24, 2.45) is 0 Å². The minimum Gasteiger partial charge on any atom is -0.495 e. The Balaban J connectivity index is 1.66. The van der Waals surface area contributed by atoms with E-state index >= 15 is 0 Å². The molecule has 0 atom stereocenters. The first-order valence-corrected chi connectivity index (χ1v) is 13.9. The fourth-order valence-electron chi connectivity index (χ4n) is 4.06. The number of halogens is 1. The number of carbonyl (C=O) groups is 1. The van der Waals surface area contributed by atoms with Gasteiger partial charge in [-0.3, -0.25) is 4.79 Å². The van der Waals surface area contributed by atoms with Gasteiger partial charge in [0.25, 0.3) is 0 Å². The van der Waals surface area contributed by atoms with Crippen LogP contribution in [0.25, 0.3) is 0 Å². The molecule has 0 bridgehead atoms. The Hall–Kier alpha value is -3.65. The lowest BCUT2D eigenvalue weighted by atomic mass is 10.1. The molecule has 0 radical (unpaired) electrons. The lowest BCUT2D eigenvalue weighted by Crippen LogP contribution is -2.42. The highest BCUT2D eigenvalue weighted by Crippen LogP contribution is 2.29. The van der Waals surface area contributed by atoms with E-state index in [9.17, 15) is 13.2 Å². The zero-order valence-electron chi connectivity index (χ0n) is 21.0. The highest BCUT2D eigenvalue weighted by molar-refractivity contribution is 7.89. The highest BCUT2D eigenvalue weighted by Gasteiger charge is 2.29. The Kier molecular flexibility index (Phi) is 9.18. The van der Waals surface area contributed by atoms with Gasteiger partial charge in [-0.25, -0.2) is 8.42 Å². The number of amides is 1. The van der Waals surface area contributed by atoms with Gasteiger partial charge < -0.3 is 9.64 Å². The van der Waals surface area contributed by atoms with E-state index in [4.69, 9.17) is 16.3 Å². The van der Waals surface area contributed by atoms with Crippen LogP contribution in [0.15, 0.2) is 114 Å². The van der Waals surface area contributed by atoms with Gasteiger partial charge in [0.05, 0.1) is 23.6 Å². The van der Waals surface area contributed by atoms with Crippen LogP contribution in [0.4, 0.5) is 0 Å². The van der Waals surface area contributed by atoms with E-state index in [0.717, 1.165) is 16.7 Å². The molecule has 38 heavy (non-hydrogen) atoms. The summed E-state index contributed by atoms with van der Waals surface area (Å²) in [5.74, 6) is 0.0602. The zero-order valence-corrected chi connectivity index (χ0v) is 22.6. The molecule has 0 aromatic heterocycles. The summed E-state index contributed by atoms with van der Waals surface area (Å²) in [6.07, 6.45) is 0. The van der Waals surface area contributed by atoms with Crippen molar-refractivity contribution in [1.29, 1.82) is 0 Å². The second kappa shape index (κ2) is 12.7. The maximum absolute atomic E-state index is 13.8. The lowest BCUT2D eigenvalue weighted by molar-refractivity contribution is -0.132.